The monoisotopic (exact) mass is 352 g/mol. The lowest BCUT2D eigenvalue weighted by Crippen LogP contribution is -2.44. The first-order chi connectivity index (χ1) is 9.73. The minimum absolute atomic E-state index is 0.0388. The van der Waals surface area contributed by atoms with Crippen LogP contribution >= 0.6 is 23.2 Å². The Morgan fingerprint density at radius 1 is 1.19 bits per heavy atom. The molecule has 0 aliphatic heterocycles. The van der Waals surface area contributed by atoms with Crippen LogP contribution in [0.1, 0.15) is 32.1 Å². The van der Waals surface area contributed by atoms with Crippen molar-refractivity contribution >= 4 is 38.9 Å². The highest BCUT2D eigenvalue weighted by Crippen LogP contribution is 2.32. The van der Waals surface area contributed by atoms with Crippen LogP contribution in [-0.4, -0.2) is 25.7 Å². The van der Waals surface area contributed by atoms with Gasteiger partial charge in [0.15, 0.2) is 0 Å². The van der Waals surface area contributed by atoms with Gasteiger partial charge in [-0.25, -0.2) is 13.1 Å². The summed E-state index contributed by atoms with van der Waals surface area (Å²) >= 11 is 11.9. The van der Waals surface area contributed by atoms with Gasteiger partial charge in [-0.1, -0.05) is 42.5 Å². The second-order valence-electron chi connectivity index (χ2n) is 5.42. The third-order valence-electron chi connectivity index (χ3n) is 3.66. The van der Waals surface area contributed by atoms with Crippen LogP contribution in [0.4, 0.5) is 5.69 Å². The van der Waals surface area contributed by atoms with Crippen molar-refractivity contribution in [1.82, 2.24) is 4.72 Å². The van der Waals surface area contributed by atoms with Gasteiger partial charge in [0.2, 0.25) is 10.0 Å². The van der Waals surface area contributed by atoms with Crippen molar-refractivity contribution in [3.8, 4) is 0 Å². The Kier molecular flexibility index (Phi) is 5.05. The molecule has 0 spiro atoms. The second kappa shape index (κ2) is 6.30. The summed E-state index contributed by atoms with van der Waals surface area (Å²) in [5, 5.41) is 10.3. The number of nitrogen functional groups attached to an aromatic ring is 1. The van der Waals surface area contributed by atoms with E-state index in [1.54, 1.807) is 0 Å². The van der Waals surface area contributed by atoms with Gasteiger partial charge in [-0.2, -0.15) is 0 Å². The highest BCUT2D eigenvalue weighted by atomic mass is 35.5. The topological polar surface area (TPSA) is 92.4 Å². The second-order valence-corrected chi connectivity index (χ2v) is 7.94. The van der Waals surface area contributed by atoms with Gasteiger partial charge in [0.1, 0.15) is 4.90 Å². The molecule has 2 rings (SSSR count). The van der Waals surface area contributed by atoms with Crippen LogP contribution in [0.5, 0.6) is 0 Å². The average Bonchev–Trinajstić information content (AvgIpc) is 2.36. The fourth-order valence-electron chi connectivity index (χ4n) is 2.52. The third-order valence-corrected chi connectivity index (χ3v) is 5.99. The van der Waals surface area contributed by atoms with E-state index in [4.69, 9.17) is 28.9 Å². The maximum absolute atomic E-state index is 12.3. The van der Waals surface area contributed by atoms with Crippen LogP contribution in [-0.2, 0) is 10.0 Å². The molecule has 5 nitrogen and oxygen atoms in total. The summed E-state index contributed by atoms with van der Waals surface area (Å²) < 4.78 is 27.1. The number of aliphatic hydroxyl groups is 1. The molecule has 1 aliphatic carbocycles. The van der Waals surface area contributed by atoms with Crippen molar-refractivity contribution in [1.29, 1.82) is 0 Å². The predicted molar refractivity (Wildman–Crippen MR) is 84.1 cm³/mol. The van der Waals surface area contributed by atoms with Gasteiger partial charge in [-0.15, -0.1) is 0 Å². The summed E-state index contributed by atoms with van der Waals surface area (Å²) in [4.78, 5) is -0.209. The van der Waals surface area contributed by atoms with Crippen molar-refractivity contribution in [2.45, 2.75) is 42.6 Å². The number of anilines is 1. The lowest BCUT2D eigenvalue weighted by atomic mass is 9.85. The van der Waals surface area contributed by atoms with E-state index < -0.39 is 15.6 Å². The van der Waals surface area contributed by atoms with Crippen molar-refractivity contribution in [3.05, 3.63) is 22.2 Å². The number of benzene rings is 1. The molecule has 0 unspecified atom stereocenters. The summed E-state index contributed by atoms with van der Waals surface area (Å²) in [6.45, 7) is -0.0492. The molecule has 0 bridgehead atoms. The first-order valence-corrected chi connectivity index (χ1v) is 8.94. The zero-order chi connectivity index (χ0) is 15.7. The van der Waals surface area contributed by atoms with Crippen LogP contribution in [0.2, 0.25) is 10.0 Å². The van der Waals surface area contributed by atoms with E-state index in [9.17, 15) is 13.5 Å². The van der Waals surface area contributed by atoms with E-state index in [-0.39, 0.29) is 27.2 Å². The van der Waals surface area contributed by atoms with Gasteiger partial charge in [-0.3, -0.25) is 0 Å². The summed E-state index contributed by atoms with van der Waals surface area (Å²) in [5.74, 6) is 0. The molecule has 0 aromatic heterocycles. The first-order valence-electron chi connectivity index (χ1n) is 6.70. The number of nitrogens with one attached hydrogen (secondary N) is 1. The first kappa shape index (κ1) is 16.8. The molecule has 21 heavy (non-hydrogen) atoms. The number of sulfonamides is 1. The highest BCUT2D eigenvalue weighted by Gasteiger charge is 2.32. The van der Waals surface area contributed by atoms with E-state index in [0.717, 1.165) is 19.3 Å². The third kappa shape index (κ3) is 4.02. The van der Waals surface area contributed by atoms with Gasteiger partial charge in [0.25, 0.3) is 0 Å². The molecule has 0 heterocycles. The van der Waals surface area contributed by atoms with Gasteiger partial charge >= 0.3 is 0 Å². The molecule has 1 fully saturated rings. The van der Waals surface area contributed by atoms with E-state index in [1.165, 1.54) is 12.1 Å². The molecule has 1 saturated carbocycles. The normalized spacial score (nSPS) is 18.6. The van der Waals surface area contributed by atoms with Crippen molar-refractivity contribution in [3.63, 3.8) is 0 Å². The van der Waals surface area contributed by atoms with Gasteiger partial charge in [0.05, 0.1) is 15.6 Å². The predicted octanol–water partition coefficient (Wildman–Crippen LogP) is 2.55. The zero-order valence-electron chi connectivity index (χ0n) is 11.4. The fourth-order valence-corrected chi connectivity index (χ4v) is 4.87. The Bertz CT molecular complexity index is 605. The summed E-state index contributed by atoms with van der Waals surface area (Å²) in [7, 11) is -3.91. The Hall–Kier alpha value is -0.530. The van der Waals surface area contributed by atoms with E-state index in [2.05, 4.69) is 4.72 Å². The summed E-state index contributed by atoms with van der Waals surface area (Å²) in [6, 6.07) is 2.66. The lowest BCUT2D eigenvalue weighted by Gasteiger charge is -2.32. The van der Waals surface area contributed by atoms with Crippen LogP contribution in [0.3, 0.4) is 0 Å². The Labute approximate surface area is 134 Å². The number of hydrogen-bond acceptors (Lipinski definition) is 4. The number of halogens is 2. The van der Waals surface area contributed by atoms with Crippen LogP contribution in [0.25, 0.3) is 0 Å². The van der Waals surface area contributed by atoms with Crippen LogP contribution < -0.4 is 10.5 Å². The molecule has 1 aliphatic rings. The molecule has 0 saturated heterocycles. The standard InChI is InChI=1S/C13H18Cl2N2O3S/c14-10-6-9(16)7-11(15)12(10)21(19,20)17-8-13(18)4-2-1-3-5-13/h6-7,17-18H,1-5,8,16H2. The Balaban J connectivity index is 2.19. The molecule has 1 aromatic rings. The number of nitrogens with two attached hydrogens (primary N) is 1. The smallest absolute Gasteiger partial charge is 0.243 e. The molecule has 0 amide bonds. The molecular weight excluding hydrogens is 335 g/mol. The lowest BCUT2D eigenvalue weighted by molar-refractivity contribution is 0.00945. The van der Waals surface area contributed by atoms with E-state index >= 15 is 0 Å². The van der Waals surface area contributed by atoms with Crippen molar-refractivity contribution < 1.29 is 13.5 Å². The fraction of sp³-hybridized carbons (Fsp3) is 0.538. The summed E-state index contributed by atoms with van der Waals surface area (Å²) in [5.41, 5.74) is 4.84. The summed E-state index contributed by atoms with van der Waals surface area (Å²) in [6.07, 6.45) is 4.01. The largest absolute Gasteiger partial charge is 0.399 e. The molecule has 118 valence electrons. The number of hydrogen-bond donors (Lipinski definition) is 3. The van der Waals surface area contributed by atoms with Crippen LogP contribution in [0, 0.1) is 0 Å². The highest BCUT2D eigenvalue weighted by molar-refractivity contribution is 7.89. The van der Waals surface area contributed by atoms with Gasteiger partial charge < -0.3 is 10.8 Å². The molecule has 0 atom stereocenters. The maximum atomic E-state index is 12.3. The van der Waals surface area contributed by atoms with Gasteiger partial charge in [-0.05, 0) is 25.0 Å². The van der Waals surface area contributed by atoms with E-state index in [1.807, 2.05) is 0 Å². The molecule has 0 radical (unpaired) electrons. The maximum Gasteiger partial charge on any atom is 0.243 e. The van der Waals surface area contributed by atoms with Crippen LogP contribution in [0.15, 0.2) is 17.0 Å². The molecule has 8 heteroatoms. The molecule has 1 aromatic carbocycles. The number of rotatable bonds is 4. The Morgan fingerprint density at radius 3 is 2.24 bits per heavy atom. The molecule has 4 N–H and O–H groups in total. The van der Waals surface area contributed by atoms with Crippen molar-refractivity contribution in [2.24, 2.45) is 0 Å². The SMILES string of the molecule is Nc1cc(Cl)c(S(=O)(=O)NCC2(O)CCCCC2)c(Cl)c1. The minimum atomic E-state index is -3.91. The Morgan fingerprint density at radius 2 is 1.71 bits per heavy atom. The minimum Gasteiger partial charge on any atom is -0.399 e. The molecular formula is C13H18Cl2N2O3S. The quantitative estimate of drug-likeness (QED) is 0.726. The van der Waals surface area contributed by atoms with Gasteiger partial charge in [0, 0.05) is 12.2 Å². The average molecular weight is 353 g/mol. The van der Waals surface area contributed by atoms with E-state index in [0.29, 0.717) is 12.8 Å². The van der Waals surface area contributed by atoms with Crippen molar-refractivity contribution in [2.75, 3.05) is 12.3 Å². The zero-order valence-corrected chi connectivity index (χ0v) is 13.7.